The van der Waals surface area contributed by atoms with E-state index in [1.54, 1.807) is 12.1 Å². The van der Waals surface area contributed by atoms with Crippen molar-refractivity contribution in [1.29, 1.82) is 0 Å². The lowest BCUT2D eigenvalue weighted by Crippen LogP contribution is -2.40. The zero-order valence-corrected chi connectivity index (χ0v) is 19.9. The molecule has 0 bridgehead atoms. The Labute approximate surface area is 214 Å². The first kappa shape index (κ1) is 21.3. The highest BCUT2D eigenvalue weighted by atomic mass is 16.2. The second kappa shape index (κ2) is 8.28. The van der Waals surface area contributed by atoms with Crippen LogP contribution >= 0.6 is 0 Å². The van der Waals surface area contributed by atoms with Gasteiger partial charge in [-0.05, 0) is 62.7 Å². The molecule has 6 aromatic rings. The molecule has 0 saturated heterocycles. The van der Waals surface area contributed by atoms with Crippen LogP contribution in [0.4, 0.5) is 5.69 Å². The number of hydrogen-bond acceptors (Lipinski definition) is 2. The Morgan fingerprint density at radius 3 is 1.57 bits per heavy atom. The molecule has 0 aliphatic carbocycles. The molecule has 0 spiro atoms. The van der Waals surface area contributed by atoms with Crippen LogP contribution in [-0.2, 0) is 0 Å². The number of hydrogen-bond donors (Lipinski definition) is 0. The molecule has 0 atom stereocenters. The van der Waals surface area contributed by atoms with E-state index in [9.17, 15) is 9.59 Å². The lowest BCUT2D eigenvalue weighted by molar-refractivity contribution is 0.0893. The Morgan fingerprint density at radius 1 is 0.378 bits per heavy atom. The number of carbonyl (C=O) groups excluding carboxylic acids is 2. The minimum absolute atomic E-state index is 0.296. The van der Waals surface area contributed by atoms with Crippen molar-refractivity contribution < 1.29 is 9.59 Å². The van der Waals surface area contributed by atoms with Gasteiger partial charge in [-0.2, -0.15) is 0 Å². The van der Waals surface area contributed by atoms with Crippen molar-refractivity contribution in [3.63, 3.8) is 0 Å². The van der Waals surface area contributed by atoms with Crippen molar-refractivity contribution in [2.24, 2.45) is 0 Å². The predicted octanol–water partition coefficient (Wildman–Crippen LogP) is 8.13. The van der Waals surface area contributed by atoms with Crippen LogP contribution in [0.3, 0.4) is 0 Å². The first-order valence-corrected chi connectivity index (χ1v) is 12.3. The normalized spacial score (nSPS) is 12.9. The van der Waals surface area contributed by atoms with Crippen LogP contribution in [0.1, 0.15) is 20.7 Å². The third-order valence-electron chi connectivity index (χ3n) is 7.22. The number of anilines is 1. The van der Waals surface area contributed by atoms with Crippen molar-refractivity contribution >= 4 is 39.0 Å². The van der Waals surface area contributed by atoms with Gasteiger partial charge in [0.2, 0.25) is 0 Å². The second-order valence-electron chi connectivity index (χ2n) is 9.24. The molecule has 1 aliphatic heterocycles. The lowest BCUT2D eigenvalue weighted by Gasteiger charge is -2.28. The summed E-state index contributed by atoms with van der Waals surface area (Å²) in [5, 5.41) is 3.92. The van der Waals surface area contributed by atoms with E-state index in [2.05, 4.69) is 60.7 Å². The maximum atomic E-state index is 13.6. The highest BCUT2D eigenvalue weighted by Crippen LogP contribution is 2.41. The van der Waals surface area contributed by atoms with Crippen LogP contribution in [0.15, 0.2) is 127 Å². The summed E-state index contributed by atoms with van der Waals surface area (Å²) in [5.41, 5.74) is 6.08. The molecule has 1 aliphatic rings. The van der Waals surface area contributed by atoms with E-state index in [4.69, 9.17) is 0 Å². The van der Waals surface area contributed by atoms with Gasteiger partial charge in [0, 0.05) is 16.5 Å². The summed E-state index contributed by atoms with van der Waals surface area (Å²) in [6.45, 7) is 0. The van der Waals surface area contributed by atoms with Crippen molar-refractivity contribution in [1.82, 2.24) is 0 Å². The van der Waals surface area contributed by atoms with Gasteiger partial charge in [-0.3, -0.25) is 9.59 Å². The number of amides is 2. The average molecular weight is 476 g/mol. The van der Waals surface area contributed by atoms with Gasteiger partial charge in [-0.1, -0.05) is 103 Å². The van der Waals surface area contributed by atoms with Gasteiger partial charge in [0.05, 0.1) is 5.69 Å². The van der Waals surface area contributed by atoms with Gasteiger partial charge in [-0.25, -0.2) is 4.90 Å². The molecule has 0 saturated carbocycles. The second-order valence-corrected chi connectivity index (χ2v) is 9.24. The molecule has 3 heteroatoms. The van der Waals surface area contributed by atoms with E-state index in [1.165, 1.54) is 16.0 Å². The summed E-state index contributed by atoms with van der Waals surface area (Å²) in [6.07, 6.45) is 0. The van der Waals surface area contributed by atoms with Crippen LogP contribution < -0.4 is 4.90 Å². The number of fused-ring (bicyclic) bond motifs is 1. The molecule has 174 valence electrons. The number of nitrogens with zero attached hydrogens (tertiary/aromatic N) is 1. The number of imide groups is 1. The van der Waals surface area contributed by atoms with Crippen LogP contribution in [-0.4, -0.2) is 11.8 Å². The fourth-order valence-electron chi connectivity index (χ4n) is 5.55. The molecule has 2 amide bonds. The van der Waals surface area contributed by atoms with E-state index < -0.39 is 0 Å². The SMILES string of the molecule is O=C1c2cccc3c(-c4ccc(-c5ccccc5)c5ccccc45)ccc(c23)C(=O)N1c1ccccc1. The Bertz CT molecular complexity index is 1830. The van der Waals surface area contributed by atoms with Gasteiger partial charge in [0.1, 0.15) is 0 Å². The molecule has 0 N–H and O–H groups in total. The van der Waals surface area contributed by atoms with E-state index in [0.717, 1.165) is 32.7 Å². The van der Waals surface area contributed by atoms with Crippen LogP contribution in [0, 0.1) is 0 Å². The molecular weight excluding hydrogens is 454 g/mol. The first-order valence-electron chi connectivity index (χ1n) is 12.3. The minimum atomic E-state index is -0.296. The van der Waals surface area contributed by atoms with Crippen molar-refractivity contribution in [3.05, 3.63) is 139 Å². The number of carbonyl (C=O) groups is 2. The summed E-state index contributed by atoms with van der Waals surface area (Å²) >= 11 is 0. The summed E-state index contributed by atoms with van der Waals surface area (Å²) in [7, 11) is 0. The number of rotatable bonds is 3. The molecule has 3 nitrogen and oxygen atoms in total. The largest absolute Gasteiger partial charge is 0.268 e. The van der Waals surface area contributed by atoms with Gasteiger partial charge in [0.25, 0.3) is 11.8 Å². The molecule has 37 heavy (non-hydrogen) atoms. The standard InChI is InChI=1S/C34H21NO2/c36-33-30-17-9-16-29-28(20-21-31(32(29)30)34(37)35(33)23-12-5-2-6-13-23)27-19-18-24(22-10-3-1-4-11-22)25-14-7-8-15-26(25)27/h1-21H. The van der Waals surface area contributed by atoms with Gasteiger partial charge in [-0.15, -0.1) is 0 Å². The maximum absolute atomic E-state index is 13.6. The van der Waals surface area contributed by atoms with Gasteiger partial charge in [0.15, 0.2) is 0 Å². The maximum Gasteiger partial charge on any atom is 0.265 e. The molecule has 6 aromatic carbocycles. The lowest BCUT2D eigenvalue weighted by atomic mass is 9.86. The van der Waals surface area contributed by atoms with E-state index in [0.29, 0.717) is 16.8 Å². The predicted molar refractivity (Wildman–Crippen MR) is 150 cm³/mol. The summed E-state index contributed by atoms with van der Waals surface area (Å²) in [4.78, 5) is 28.4. The highest BCUT2D eigenvalue weighted by molar-refractivity contribution is 6.36. The summed E-state index contributed by atoms with van der Waals surface area (Å²) < 4.78 is 0. The number of benzene rings is 6. The molecule has 0 radical (unpaired) electrons. The monoisotopic (exact) mass is 475 g/mol. The van der Waals surface area contributed by atoms with Gasteiger partial charge >= 0.3 is 0 Å². The highest BCUT2D eigenvalue weighted by Gasteiger charge is 2.34. The summed E-state index contributed by atoms with van der Waals surface area (Å²) in [5.74, 6) is -0.591. The minimum Gasteiger partial charge on any atom is -0.268 e. The summed E-state index contributed by atoms with van der Waals surface area (Å²) in [6, 6.07) is 41.8. The molecule has 1 heterocycles. The zero-order chi connectivity index (χ0) is 24.9. The van der Waals surface area contributed by atoms with E-state index in [1.807, 2.05) is 54.6 Å². The fraction of sp³-hybridized carbons (Fsp3) is 0. The third kappa shape index (κ3) is 3.21. The van der Waals surface area contributed by atoms with E-state index >= 15 is 0 Å². The van der Waals surface area contributed by atoms with Crippen LogP contribution in [0.5, 0.6) is 0 Å². The Hall–Kier alpha value is -5.02. The average Bonchev–Trinajstić information content (AvgIpc) is 2.96. The molecule has 0 aromatic heterocycles. The molecule has 7 rings (SSSR count). The first-order chi connectivity index (χ1) is 18.2. The van der Waals surface area contributed by atoms with Crippen LogP contribution in [0.25, 0.3) is 43.8 Å². The zero-order valence-electron chi connectivity index (χ0n) is 19.9. The van der Waals surface area contributed by atoms with Crippen molar-refractivity contribution in [2.45, 2.75) is 0 Å². The Balaban J connectivity index is 1.46. The van der Waals surface area contributed by atoms with Gasteiger partial charge < -0.3 is 0 Å². The number of para-hydroxylation sites is 1. The Morgan fingerprint density at radius 2 is 0.865 bits per heavy atom. The quantitative estimate of drug-likeness (QED) is 0.242. The molecular formula is C34H21NO2. The van der Waals surface area contributed by atoms with Crippen molar-refractivity contribution in [2.75, 3.05) is 4.90 Å². The smallest absolute Gasteiger partial charge is 0.265 e. The van der Waals surface area contributed by atoms with Crippen LogP contribution in [0.2, 0.25) is 0 Å². The van der Waals surface area contributed by atoms with E-state index in [-0.39, 0.29) is 11.8 Å². The topological polar surface area (TPSA) is 37.4 Å². The van der Waals surface area contributed by atoms with Crippen molar-refractivity contribution in [3.8, 4) is 22.3 Å². The Kier molecular flexibility index (Phi) is 4.76. The fourth-order valence-corrected chi connectivity index (χ4v) is 5.55. The molecule has 0 unspecified atom stereocenters. The molecule has 0 fully saturated rings. The third-order valence-corrected chi connectivity index (χ3v) is 7.22.